The Bertz CT molecular complexity index is 974. The molecule has 2 rings (SSSR count). The van der Waals surface area contributed by atoms with E-state index >= 15 is 0 Å². The number of fused-ring (bicyclic) bond motifs is 1. The molecule has 9 heteroatoms. The summed E-state index contributed by atoms with van der Waals surface area (Å²) in [5, 5.41) is 0.722. The van der Waals surface area contributed by atoms with Gasteiger partial charge in [-0.1, -0.05) is 24.3 Å². The van der Waals surface area contributed by atoms with Gasteiger partial charge in [-0.05, 0) is 45.2 Å². The predicted molar refractivity (Wildman–Crippen MR) is 108 cm³/mol. The molecule has 0 bridgehead atoms. The molecule has 2 unspecified atom stereocenters. The lowest BCUT2D eigenvalue weighted by Crippen LogP contribution is -2.49. The average Bonchev–Trinajstić information content (AvgIpc) is 2.67. The largest absolute Gasteiger partial charge is 0.464 e. The zero-order valence-electron chi connectivity index (χ0n) is 16.8. The Balaban J connectivity index is 2.78. The Morgan fingerprint density at radius 3 is 1.90 bits per heavy atom. The molecule has 2 aromatic rings. The maximum atomic E-state index is 12.5. The summed E-state index contributed by atoms with van der Waals surface area (Å²) in [6.07, 6.45) is 0. The average molecular weight is 423 g/mol. The van der Waals surface area contributed by atoms with Crippen LogP contribution in [0, 0.1) is 0 Å². The van der Waals surface area contributed by atoms with Crippen molar-refractivity contribution >= 4 is 38.5 Å². The number of hydrogen-bond donors (Lipinski definition) is 1. The van der Waals surface area contributed by atoms with Gasteiger partial charge in [0.05, 0.1) is 13.2 Å². The van der Waals surface area contributed by atoms with Gasteiger partial charge in [0.1, 0.15) is 17.0 Å². The zero-order chi connectivity index (χ0) is 21.8. The second-order valence-electron chi connectivity index (χ2n) is 6.37. The quantitative estimate of drug-likeness (QED) is 0.510. The number of rotatable bonds is 8. The molecule has 8 nitrogen and oxygen atoms in total. The molecule has 0 heterocycles. The molecular weight excluding hydrogens is 398 g/mol. The fourth-order valence-electron chi connectivity index (χ4n) is 3.22. The molecule has 1 N–H and O–H groups in total. The maximum absolute atomic E-state index is 12.5. The molecule has 29 heavy (non-hydrogen) atoms. The van der Waals surface area contributed by atoms with Crippen LogP contribution in [0.2, 0.25) is 0 Å². The van der Waals surface area contributed by atoms with Gasteiger partial charge in [0.15, 0.2) is 0 Å². The summed E-state index contributed by atoms with van der Waals surface area (Å²) in [5.74, 6) is -1.16. The van der Waals surface area contributed by atoms with Gasteiger partial charge in [-0.2, -0.15) is 8.42 Å². The van der Waals surface area contributed by atoms with E-state index in [-0.39, 0.29) is 29.2 Å². The summed E-state index contributed by atoms with van der Waals surface area (Å²) < 4.78 is 43.9. The van der Waals surface area contributed by atoms with Gasteiger partial charge in [0.2, 0.25) is 0 Å². The van der Waals surface area contributed by atoms with Gasteiger partial charge in [0, 0.05) is 11.1 Å². The van der Waals surface area contributed by atoms with E-state index in [9.17, 15) is 22.6 Å². The molecule has 0 saturated carbocycles. The molecular formula is C20H25NO7S. The minimum atomic E-state index is -4.56. The third-order valence-corrected chi connectivity index (χ3v) is 5.39. The number of carbonyl (C=O) groups is 2. The molecule has 2 aromatic carbocycles. The Labute approximate surface area is 170 Å². The van der Waals surface area contributed by atoms with E-state index in [0.29, 0.717) is 5.39 Å². The smallest absolute Gasteiger partial charge is 0.328 e. The van der Waals surface area contributed by atoms with E-state index in [0.717, 1.165) is 0 Å². The van der Waals surface area contributed by atoms with Crippen LogP contribution in [0.5, 0.6) is 0 Å². The molecule has 0 radical (unpaired) electrons. The number of anilines is 1. The van der Waals surface area contributed by atoms with Crippen LogP contribution in [0.1, 0.15) is 27.7 Å². The Hall–Kier alpha value is -2.65. The number of hydrogen-bond acceptors (Lipinski definition) is 7. The highest BCUT2D eigenvalue weighted by molar-refractivity contribution is 7.86. The molecule has 0 amide bonds. The Kier molecular flexibility index (Phi) is 7.21. The van der Waals surface area contributed by atoms with E-state index in [1.165, 1.54) is 17.0 Å². The molecule has 0 aromatic heterocycles. The van der Waals surface area contributed by atoms with E-state index in [1.807, 2.05) is 0 Å². The van der Waals surface area contributed by atoms with Crippen molar-refractivity contribution in [3.63, 3.8) is 0 Å². The van der Waals surface area contributed by atoms with Crippen molar-refractivity contribution in [2.24, 2.45) is 0 Å². The molecule has 0 aliphatic rings. The summed E-state index contributed by atoms with van der Waals surface area (Å²) in [4.78, 5) is 26.1. The van der Waals surface area contributed by atoms with Crippen molar-refractivity contribution in [1.29, 1.82) is 0 Å². The first kappa shape index (κ1) is 22.6. The minimum Gasteiger partial charge on any atom is -0.464 e. The van der Waals surface area contributed by atoms with Crippen molar-refractivity contribution in [1.82, 2.24) is 0 Å². The van der Waals surface area contributed by atoms with Crippen LogP contribution < -0.4 is 4.90 Å². The monoisotopic (exact) mass is 423 g/mol. The molecule has 0 spiro atoms. The second-order valence-corrected chi connectivity index (χ2v) is 7.76. The number of esters is 2. The summed E-state index contributed by atoms with van der Waals surface area (Å²) in [6, 6.07) is 7.54. The molecule has 0 aliphatic heterocycles. The fourth-order valence-corrected chi connectivity index (χ4v) is 3.95. The highest BCUT2D eigenvalue weighted by Gasteiger charge is 2.33. The maximum Gasteiger partial charge on any atom is 0.328 e. The third kappa shape index (κ3) is 4.86. The van der Waals surface area contributed by atoms with Crippen LogP contribution in [-0.4, -0.2) is 50.2 Å². The first-order valence-electron chi connectivity index (χ1n) is 9.24. The van der Waals surface area contributed by atoms with Gasteiger partial charge >= 0.3 is 11.9 Å². The van der Waals surface area contributed by atoms with Gasteiger partial charge < -0.3 is 14.4 Å². The fraction of sp³-hybridized carbons (Fsp3) is 0.400. The topological polar surface area (TPSA) is 110 Å². The highest BCUT2D eigenvalue weighted by Crippen LogP contribution is 2.35. The number of carbonyl (C=O) groups excluding carboxylic acids is 2. The van der Waals surface area contributed by atoms with Gasteiger partial charge in [-0.3, -0.25) is 4.55 Å². The van der Waals surface area contributed by atoms with E-state index in [1.54, 1.807) is 52.0 Å². The van der Waals surface area contributed by atoms with E-state index in [2.05, 4.69) is 0 Å². The zero-order valence-corrected chi connectivity index (χ0v) is 17.6. The van der Waals surface area contributed by atoms with Crippen LogP contribution in [-0.2, 0) is 29.2 Å². The standard InChI is InChI=1S/C20H25NO7S/c1-5-27-19(22)13(3)21(14(4)20(23)28-6-2)16-11-7-9-15-10-8-12-17(18(15)16)29(24,25)26/h7-14H,5-6H2,1-4H3,(H,24,25,26). The third-order valence-electron chi connectivity index (χ3n) is 4.49. The van der Waals surface area contributed by atoms with Crippen molar-refractivity contribution < 1.29 is 32.0 Å². The predicted octanol–water partition coefficient (Wildman–Crippen LogP) is 2.80. The Morgan fingerprint density at radius 1 is 0.966 bits per heavy atom. The second kappa shape index (κ2) is 9.23. The molecule has 0 fully saturated rings. The SMILES string of the molecule is CCOC(=O)C(C)N(c1cccc2cccc(S(=O)(=O)O)c12)C(C)C(=O)OCC. The van der Waals surface area contributed by atoms with Gasteiger partial charge in [-0.15, -0.1) is 0 Å². The minimum absolute atomic E-state index is 0.149. The van der Waals surface area contributed by atoms with Gasteiger partial charge in [0.25, 0.3) is 10.1 Å². The van der Waals surface area contributed by atoms with E-state index < -0.39 is 34.1 Å². The van der Waals surface area contributed by atoms with Crippen molar-refractivity contribution in [3.8, 4) is 0 Å². The van der Waals surface area contributed by atoms with Crippen LogP contribution in [0.3, 0.4) is 0 Å². The number of benzene rings is 2. The number of ether oxygens (including phenoxy) is 2. The Morgan fingerprint density at radius 2 is 1.45 bits per heavy atom. The normalized spacial score (nSPS) is 13.6. The van der Waals surface area contributed by atoms with Gasteiger partial charge in [-0.25, -0.2) is 9.59 Å². The number of nitrogens with zero attached hydrogens (tertiary/aromatic N) is 1. The van der Waals surface area contributed by atoms with Crippen molar-refractivity contribution in [2.45, 2.75) is 44.7 Å². The lowest BCUT2D eigenvalue weighted by Gasteiger charge is -2.35. The van der Waals surface area contributed by atoms with Crippen molar-refractivity contribution in [3.05, 3.63) is 36.4 Å². The van der Waals surface area contributed by atoms with Crippen LogP contribution >= 0.6 is 0 Å². The first-order valence-corrected chi connectivity index (χ1v) is 10.7. The summed E-state index contributed by atoms with van der Waals surface area (Å²) in [6.45, 7) is 6.74. The van der Waals surface area contributed by atoms with Crippen molar-refractivity contribution in [2.75, 3.05) is 18.1 Å². The summed E-state index contributed by atoms with van der Waals surface area (Å²) in [5.41, 5.74) is 0.289. The summed E-state index contributed by atoms with van der Waals surface area (Å²) in [7, 11) is -4.56. The van der Waals surface area contributed by atoms with E-state index in [4.69, 9.17) is 9.47 Å². The van der Waals surface area contributed by atoms with Crippen LogP contribution in [0.4, 0.5) is 5.69 Å². The highest BCUT2D eigenvalue weighted by atomic mass is 32.2. The molecule has 0 saturated heterocycles. The lowest BCUT2D eigenvalue weighted by molar-refractivity contribution is -0.146. The molecule has 2 atom stereocenters. The summed E-state index contributed by atoms with van der Waals surface area (Å²) >= 11 is 0. The molecule has 0 aliphatic carbocycles. The lowest BCUT2D eigenvalue weighted by atomic mass is 10.0. The van der Waals surface area contributed by atoms with Crippen LogP contribution in [0.15, 0.2) is 41.3 Å². The van der Waals surface area contributed by atoms with Crippen LogP contribution in [0.25, 0.3) is 10.8 Å². The first-order chi connectivity index (χ1) is 13.6. The molecule has 158 valence electrons.